The Hall–Kier alpha value is -2.28. The molecule has 0 bridgehead atoms. The van der Waals surface area contributed by atoms with Crippen molar-refractivity contribution in [1.82, 2.24) is 24.6 Å². The predicted octanol–water partition coefficient (Wildman–Crippen LogP) is 2.04. The first-order chi connectivity index (χ1) is 9.56. The summed E-state index contributed by atoms with van der Waals surface area (Å²) in [6.07, 6.45) is 4.24. The quantitative estimate of drug-likeness (QED) is 0.723. The van der Waals surface area contributed by atoms with Crippen molar-refractivity contribution in [1.29, 1.82) is 0 Å². The number of rotatable bonds is 2. The van der Waals surface area contributed by atoms with Crippen LogP contribution in [-0.2, 0) is 0 Å². The van der Waals surface area contributed by atoms with Crippen LogP contribution in [0.1, 0.15) is 0 Å². The molecule has 0 aliphatic heterocycles. The highest BCUT2D eigenvalue weighted by Crippen LogP contribution is 2.23. The van der Waals surface area contributed by atoms with Gasteiger partial charge in [-0.05, 0) is 17.7 Å². The van der Waals surface area contributed by atoms with E-state index in [1.54, 1.807) is 6.20 Å². The van der Waals surface area contributed by atoms with Crippen molar-refractivity contribution >= 4 is 22.9 Å². The van der Waals surface area contributed by atoms with Crippen molar-refractivity contribution in [3.05, 3.63) is 35.8 Å². The lowest BCUT2D eigenvalue weighted by atomic mass is 10.2. The van der Waals surface area contributed by atoms with Gasteiger partial charge in [-0.2, -0.15) is 14.6 Å². The Balaban J connectivity index is 2.25. The zero-order valence-electron chi connectivity index (χ0n) is 10.7. The van der Waals surface area contributed by atoms with E-state index >= 15 is 0 Å². The second-order valence-electron chi connectivity index (χ2n) is 4.37. The molecule has 3 aromatic rings. The van der Waals surface area contributed by atoms with E-state index in [0.717, 1.165) is 11.9 Å². The van der Waals surface area contributed by atoms with Crippen molar-refractivity contribution in [2.75, 3.05) is 19.0 Å². The second kappa shape index (κ2) is 4.68. The summed E-state index contributed by atoms with van der Waals surface area (Å²) in [7, 11) is 3.74. The average molecular weight is 293 g/mol. The Morgan fingerprint density at radius 1 is 1.20 bits per heavy atom. The largest absolute Gasteiger partial charge is 0.373 e. The fraction of sp³-hybridized carbons (Fsp3) is 0.167. The lowest BCUT2D eigenvalue weighted by molar-refractivity contribution is 0.622. The van der Waals surface area contributed by atoms with Crippen LogP contribution in [0, 0.1) is 5.82 Å². The lowest BCUT2D eigenvalue weighted by Crippen LogP contribution is -2.09. The van der Waals surface area contributed by atoms with Gasteiger partial charge in [0.25, 0.3) is 0 Å². The molecule has 0 aliphatic rings. The molecule has 0 saturated carbocycles. The highest BCUT2D eigenvalue weighted by atomic mass is 35.5. The van der Waals surface area contributed by atoms with Gasteiger partial charge < -0.3 is 4.90 Å². The summed E-state index contributed by atoms with van der Waals surface area (Å²) in [5.41, 5.74) is 1.80. The van der Waals surface area contributed by atoms with Gasteiger partial charge in [-0.15, -0.1) is 0 Å². The van der Waals surface area contributed by atoms with Crippen molar-refractivity contribution < 1.29 is 4.39 Å². The summed E-state index contributed by atoms with van der Waals surface area (Å²) < 4.78 is 14.7. The summed E-state index contributed by atoms with van der Waals surface area (Å²) in [6.45, 7) is 0. The molecule has 3 heterocycles. The molecule has 102 valence electrons. The molecular weight excluding hydrogens is 283 g/mol. The molecule has 0 radical (unpaired) electrons. The van der Waals surface area contributed by atoms with Crippen LogP contribution in [0.3, 0.4) is 0 Å². The smallest absolute Gasteiger partial charge is 0.227 e. The molecule has 3 rings (SSSR count). The van der Waals surface area contributed by atoms with E-state index in [0.29, 0.717) is 17.0 Å². The fourth-order valence-corrected chi connectivity index (χ4v) is 2.02. The Labute approximate surface area is 118 Å². The van der Waals surface area contributed by atoms with Gasteiger partial charge in [0.05, 0.1) is 12.4 Å². The van der Waals surface area contributed by atoms with Crippen LogP contribution in [0.5, 0.6) is 0 Å². The van der Waals surface area contributed by atoms with Crippen molar-refractivity contribution in [3.63, 3.8) is 0 Å². The molecule has 0 unspecified atom stereocenters. The zero-order chi connectivity index (χ0) is 14.3. The maximum absolute atomic E-state index is 13.2. The topological polar surface area (TPSA) is 59.2 Å². The van der Waals surface area contributed by atoms with Gasteiger partial charge in [-0.1, -0.05) is 0 Å². The van der Waals surface area contributed by atoms with E-state index in [1.165, 1.54) is 16.8 Å². The van der Waals surface area contributed by atoms with Crippen LogP contribution in [0.15, 0.2) is 24.7 Å². The molecule has 6 nitrogen and oxygen atoms in total. The first kappa shape index (κ1) is 12.7. The highest BCUT2D eigenvalue weighted by molar-refractivity contribution is 6.28. The second-order valence-corrected chi connectivity index (χ2v) is 4.71. The van der Waals surface area contributed by atoms with Gasteiger partial charge in [0.2, 0.25) is 5.28 Å². The molecular formula is C12H10ClFN6. The number of halogens is 2. The average Bonchev–Trinajstić information content (AvgIpc) is 2.83. The molecule has 0 N–H and O–H groups in total. The molecule has 0 aromatic carbocycles. The minimum atomic E-state index is -0.455. The van der Waals surface area contributed by atoms with Gasteiger partial charge >= 0.3 is 0 Å². The Kier molecular flexibility index (Phi) is 2.98. The van der Waals surface area contributed by atoms with Crippen molar-refractivity contribution in [3.8, 4) is 11.4 Å². The molecule has 0 amide bonds. The van der Waals surface area contributed by atoms with Crippen LogP contribution >= 0.6 is 11.6 Å². The van der Waals surface area contributed by atoms with E-state index in [1.807, 2.05) is 19.0 Å². The lowest BCUT2D eigenvalue weighted by Gasteiger charge is -2.09. The first-order valence-corrected chi connectivity index (χ1v) is 6.13. The number of hydrogen-bond acceptors (Lipinski definition) is 5. The predicted molar refractivity (Wildman–Crippen MR) is 73.3 cm³/mol. The SMILES string of the molecule is CN(C)c1cnn2c(Cl)nc(-c3cncc(F)c3)nc12. The molecule has 0 saturated heterocycles. The monoisotopic (exact) mass is 292 g/mol. The summed E-state index contributed by atoms with van der Waals surface area (Å²) in [6, 6.07) is 1.31. The number of pyridine rings is 1. The first-order valence-electron chi connectivity index (χ1n) is 5.76. The van der Waals surface area contributed by atoms with E-state index in [-0.39, 0.29) is 5.28 Å². The molecule has 0 aliphatic carbocycles. The third-order valence-electron chi connectivity index (χ3n) is 2.75. The van der Waals surface area contributed by atoms with Crippen LogP contribution in [0.2, 0.25) is 5.28 Å². The van der Waals surface area contributed by atoms with Crippen LogP contribution in [-0.4, -0.2) is 38.7 Å². The molecule has 3 aromatic heterocycles. The summed E-state index contributed by atoms with van der Waals surface area (Å²) >= 11 is 6.09. The third kappa shape index (κ3) is 2.05. The van der Waals surface area contributed by atoms with Crippen molar-refractivity contribution in [2.24, 2.45) is 0 Å². The number of hydrogen-bond donors (Lipinski definition) is 0. The fourth-order valence-electron chi connectivity index (χ4n) is 1.81. The minimum Gasteiger partial charge on any atom is -0.373 e. The molecule has 20 heavy (non-hydrogen) atoms. The van der Waals surface area contributed by atoms with Crippen LogP contribution in [0.25, 0.3) is 17.0 Å². The number of fused-ring (bicyclic) bond motifs is 1. The van der Waals surface area contributed by atoms with E-state index in [2.05, 4.69) is 20.1 Å². The minimum absolute atomic E-state index is 0.155. The summed E-state index contributed by atoms with van der Waals surface area (Å²) in [5.74, 6) is -0.151. The maximum Gasteiger partial charge on any atom is 0.227 e. The van der Waals surface area contributed by atoms with Crippen LogP contribution in [0.4, 0.5) is 10.1 Å². The number of nitrogens with zero attached hydrogens (tertiary/aromatic N) is 6. The van der Waals surface area contributed by atoms with Gasteiger partial charge in [0, 0.05) is 25.9 Å². The summed E-state index contributed by atoms with van der Waals surface area (Å²) in [4.78, 5) is 14.1. The zero-order valence-corrected chi connectivity index (χ0v) is 11.5. The maximum atomic E-state index is 13.2. The molecule has 0 atom stereocenters. The molecule has 0 spiro atoms. The molecule has 0 fully saturated rings. The van der Waals surface area contributed by atoms with E-state index in [9.17, 15) is 4.39 Å². The van der Waals surface area contributed by atoms with Gasteiger partial charge in [0.1, 0.15) is 11.5 Å². The van der Waals surface area contributed by atoms with Gasteiger partial charge in [0.15, 0.2) is 11.5 Å². The standard InChI is InChI=1S/C12H10ClFN6/c1-19(2)9-6-16-20-11(9)17-10(18-12(20)13)7-3-8(14)5-15-4-7/h3-6H,1-2H3. The van der Waals surface area contributed by atoms with E-state index < -0.39 is 5.82 Å². The van der Waals surface area contributed by atoms with Crippen LogP contribution < -0.4 is 4.90 Å². The van der Waals surface area contributed by atoms with Gasteiger partial charge in [-0.3, -0.25) is 4.98 Å². The Morgan fingerprint density at radius 2 is 2.00 bits per heavy atom. The normalized spacial score (nSPS) is 11.0. The van der Waals surface area contributed by atoms with Crippen molar-refractivity contribution in [2.45, 2.75) is 0 Å². The number of anilines is 1. The summed E-state index contributed by atoms with van der Waals surface area (Å²) in [5, 5.41) is 4.28. The van der Waals surface area contributed by atoms with E-state index in [4.69, 9.17) is 11.6 Å². The highest BCUT2D eigenvalue weighted by Gasteiger charge is 2.14. The third-order valence-corrected chi connectivity index (χ3v) is 3.00. The van der Waals surface area contributed by atoms with Gasteiger partial charge in [-0.25, -0.2) is 9.37 Å². The Bertz CT molecular complexity index is 785. The Morgan fingerprint density at radius 3 is 2.70 bits per heavy atom. The number of aromatic nitrogens is 5. The molecule has 8 heteroatoms.